The molecule has 2 heterocycles. The lowest BCUT2D eigenvalue weighted by Gasteiger charge is -2.22. The van der Waals surface area contributed by atoms with Crippen LogP contribution in [0.1, 0.15) is 53.7 Å². The fourth-order valence-corrected chi connectivity index (χ4v) is 5.63. The average Bonchev–Trinajstić information content (AvgIpc) is 3.60. The van der Waals surface area contributed by atoms with Gasteiger partial charge >= 0.3 is 12.2 Å². The summed E-state index contributed by atoms with van der Waals surface area (Å²) in [5.74, 6) is 0.321. The molecule has 1 unspecified atom stereocenters. The first-order valence-corrected chi connectivity index (χ1v) is 14.8. The number of amidine groups is 1. The lowest BCUT2D eigenvalue weighted by molar-refractivity contribution is -0.137. The Morgan fingerprint density at radius 3 is 2.51 bits per heavy atom. The first kappa shape index (κ1) is 30.3. The second-order valence-corrected chi connectivity index (χ2v) is 11.5. The highest BCUT2D eigenvalue weighted by Crippen LogP contribution is 2.34. The largest absolute Gasteiger partial charge is 0.416 e. The SMILES string of the molecule is Cc1ccc(N2C(=O)CSC2=NC(=O)NCCc2ccc(C3N=CN(c4ccc(C(F)(F)F)cc4)N3)cc2)c(C(C)C)c1. The lowest BCUT2D eigenvalue weighted by atomic mass is 9.98. The Balaban J connectivity index is 1.14. The van der Waals surface area contributed by atoms with Gasteiger partial charge in [0.05, 0.1) is 22.7 Å². The van der Waals surface area contributed by atoms with E-state index in [2.05, 4.69) is 40.6 Å². The molecular weight excluding hydrogens is 577 g/mol. The Morgan fingerprint density at radius 1 is 1.12 bits per heavy atom. The molecule has 8 nitrogen and oxygen atoms in total. The van der Waals surface area contributed by atoms with E-state index in [0.29, 0.717) is 23.8 Å². The van der Waals surface area contributed by atoms with E-state index in [1.165, 1.54) is 35.1 Å². The zero-order valence-corrected chi connectivity index (χ0v) is 24.7. The van der Waals surface area contributed by atoms with E-state index < -0.39 is 17.8 Å². The number of urea groups is 1. The van der Waals surface area contributed by atoms with Crippen molar-refractivity contribution in [3.63, 3.8) is 0 Å². The fourth-order valence-electron chi connectivity index (χ4n) is 4.77. The number of alkyl halides is 3. The highest BCUT2D eigenvalue weighted by atomic mass is 32.2. The van der Waals surface area contributed by atoms with Crippen molar-refractivity contribution < 1.29 is 22.8 Å². The number of anilines is 2. The Labute approximate surface area is 252 Å². The van der Waals surface area contributed by atoms with Gasteiger partial charge in [0.1, 0.15) is 12.5 Å². The number of benzene rings is 3. The quantitative estimate of drug-likeness (QED) is 0.317. The number of carbonyl (C=O) groups is 2. The van der Waals surface area contributed by atoms with Crippen LogP contribution in [0.15, 0.2) is 76.7 Å². The molecule has 0 spiro atoms. The van der Waals surface area contributed by atoms with E-state index >= 15 is 0 Å². The minimum absolute atomic E-state index is 0.106. The lowest BCUT2D eigenvalue weighted by Crippen LogP contribution is -2.33. The van der Waals surface area contributed by atoms with Gasteiger partial charge in [0, 0.05) is 6.54 Å². The smallest absolute Gasteiger partial charge is 0.336 e. The molecule has 2 aliphatic heterocycles. The summed E-state index contributed by atoms with van der Waals surface area (Å²) in [6, 6.07) is 17.9. The first-order valence-electron chi connectivity index (χ1n) is 13.8. The Kier molecular flexibility index (Phi) is 8.88. The summed E-state index contributed by atoms with van der Waals surface area (Å²) >= 11 is 1.25. The number of halogens is 3. The van der Waals surface area contributed by atoms with Gasteiger partial charge in [-0.2, -0.15) is 23.6 Å². The number of hydrazine groups is 1. The number of nitrogens with zero attached hydrogens (tertiary/aromatic N) is 4. The van der Waals surface area contributed by atoms with Crippen LogP contribution in [0, 0.1) is 6.92 Å². The van der Waals surface area contributed by atoms with Crippen molar-refractivity contribution in [3.05, 3.63) is 94.5 Å². The molecule has 3 amide bonds. The Hall–Kier alpha value is -4.16. The number of amides is 3. The summed E-state index contributed by atoms with van der Waals surface area (Å²) in [5.41, 5.74) is 7.74. The van der Waals surface area contributed by atoms with Crippen molar-refractivity contribution in [1.82, 2.24) is 10.7 Å². The summed E-state index contributed by atoms with van der Waals surface area (Å²) in [7, 11) is 0. The van der Waals surface area contributed by atoms with Crippen LogP contribution in [0.25, 0.3) is 0 Å². The maximum atomic E-state index is 12.8. The molecule has 3 aromatic rings. The summed E-state index contributed by atoms with van der Waals surface area (Å²) < 4.78 is 38.5. The molecule has 0 aliphatic carbocycles. The van der Waals surface area contributed by atoms with Crippen molar-refractivity contribution in [2.75, 3.05) is 22.2 Å². The molecule has 2 N–H and O–H groups in total. The summed E-state index contributed by atoms with van der Waals surface area (Å²) in [4.78, 5) is 35.5. The maximum Gasteiger partial charge on any atom is 0.416 e. The third kappa shape index (κ3) is 7.08. The van der Waals surface area contributed by atoms with Crippen LogP contribution in [0.4, 0.5) is 29.3 Å². The van der Waals surface area contributed by atoms with Crippen LogP contribution in [-0.2, 0) is 17.4 Å². The Bertz CT molecular complexity index is 1560. The van der Waals surface area contributed by atoms with Crippen LogP contribution in [0.3, 0.4) is 0 Å². The van der Waals surface area contributed by atoms with Crippen LogP contribution in [0.2, 0.25) is 0 Å². The summed E-state index contributed by atoms with van der Waals surface area (Å²) in [5, 5.41) is 4.75. The molecule has 1 saturated heterocycles. The van der Waals surface area contributed by atoms with Gasteiger partial charge in [-0.3, -0.25) is 14.7 Å². The predicted molar refractivity (Wildman–Crippen MR) is 164 cm³/mol. The highest BCUT2D eigenvalue weighted by Gasteiger charge is 2.33. The molecule has 0 bridgehead atoms. The van der Waals surface area contributed by atoms with E-state index in [1.807, 2.05) is 43.3 Å². The standard InChI is InChI=1S/C31H31F3N6O2S/c1-19(2)25-16-20(3)4-13-26(25)40-27(41)17-43-30(40)37-29(42)35-15-14-21-5-7-22(8-6-21)28-36-18-39(38-28)24-11-9-23(10-12-24)31(32,33)34/h4-13,16,18-19,28,38H,14-15,17H2,1-3H3,(H,35,42). The normalized spacial score (nSPS) is 17.9. The van der Waals surface area contributed by atoms with Gasteiger partial charge in [-0.15, -0.1) is 0 Å². The van der Waals surface area contributed by atoms with Gasteiger partial charge in [-0.25, -0.2) is 9.79 Å². The van der Waals surface area contributed by atoms with Crippen LogP contribution in [-0.4, -0.2) is 35.7 Å². The van der Waals surface area contributed by atoms with Gasteiger partial charge in [0.2, 0.25) is 5.91 Å². The van der Waals surface area contributed by atoms with E-state index in [-0.39, 0.29) is 23.7 Å². The monoisotopic (exact) mass is 608 g/mol. The van der Waals surface area contributed by atoms with E-state index in [1.54, 1.807) is 5.01 Å². The molecule has 0 radical (unpaired) electrons. The molecule has 0 saturated carbocycles. The van der Waals surface area contributed by atoms with Crippen LogP contribution < -0.4 is 20.7 Å². The first-order chi connectivity index (χ1) is 20.5. The van der Waals surface area contributed by atoms with E-state index in [0.717, 1.165) is 40.1 Å². The van der Waals surface area contributed by atoms with Crippen molar-refractivity contribution in [3.8, 4) is 0 Å². The highest BCUT2D eigenvalue weighted by molar-refractivity contribution is 8.15. The number of aliphatic imine (C=N–C) groups is 2. The predicted octanol–water partition coefficient (Wildman–Crippen LogP) is 6.58. The minimum atomic E-state index is -4.39. The number of thioether (sulfide) groups is 1. The summed E-state index contributed by atoms with van der Waals surface area (Å²) in [6.07, 6.45) is -2.66. The topological polar surface area (TPSA) is 89.4 Å². The molecule has 1 fully saturated rings. The van der Waals surface area contributed by atoms with E-state index in [9.17, 15) is 22.8 Å². The number of hydrogen-bond donors (Lipinski definition) is 2. The maximum absolute atomic E-state index is 12.8. The minimum Gasteiger partial charge on any atom is -0.336 e. The molecule has 12 heteroatoms. The van der Waals surface area contributed by atoms with Crippen molar-refractivity contribution in [2.45, 2.75) is 45.5 Å². The van der Waals surface area contributed by atoms with Gasteiger partial charge in [0.15, 0.2) is 5.17 Å². The van der Waals surface area contributed by atoms with E-state index in [4.69, 9.17) is 0 Å². The number of carbonyl (C=O) groups excluding carboxylic acids is 2. The van der Waals surface area contributed by atoms with Gasteiger partial charge in [0.25, 0.3) is 0 Å². The van der Waals surface area contributed by atoms with Crippen LogP contribution >= 0.6 is 11.8 Å². The van der Waals surface area contributed by atoms with Crippen molar-refractivity contribution >= 4 is 46.6 Å². The zero-order valence-electron chi connectivity index (χ0n) is 23.9. The van der Waals surface area contributed by atoms with Gasteiger partial charge in [-0.1, -0.05) is 67.6 Å². The third-order valence-electron chi connectivity index (χ3n) is 7.06. The Morgan fingerprint density at radius 2 is 1.84 bits per heavy atom. The molecule has 224 valence electrons. The zero-order chi connectivity index (χ0) is 30.7. The molecule has 5 rings (SSSR count). The number of aryl methyl sites for hydroxylation is 1. The second-order valence-electron chi connectivity index (χ2n) is 10.6. The van der Waals surface area contributed by atoms with Crippen LogP contribution in [0.5, 0.6) is 0 Å². The number of hydrogen-bond acceptors (Lipinski definition) is 6. The molecule has 2 aliphatic rings. The summed E-state index contributed by atoms with van der Waals surface area (Å²) in [6.45, 7) is 6.50. The van der Waals surface area contributed by atoms with Crippen molar-refractivity contribution in [1.29, 1.82) is 0 Å². The van der Waals surface area contributed by atoms with Crippen molar-refractivity contribution in [2.24, 2.45) is 9.98 Å². The molecule has 0 aromatic heterocycles. The number of rotatable bonds is 7. The van der Waals surface area contributed by atoms with Gasteiger partial charge < -0.3 is 5.32 Å². The third-order valence-corrected chi connectivity index (χ3v) is 7.98. The molecule has 1 atom stereocenters. The molecular formula is C31H31F3N6O2S. The van der Waals surface area contributed by atoms with Gasteiger partial charge in [-0.05, 0) is 66.3 Å². The fraction of sp³-hybridized carbons (Fsp3) is 0.290. The number of nitrogens with one attached hydrogen (secondary N) is 2. The second kappa shape index (κ2) is 12.6. The average molecular weight is 609 g/mol. The molecule has 43 heavy (non-hydrogen) atoms. The molecule has 3 aromatic carbocycles.